The number of carbonyl (C=O) groups is 2. The number of rotatable bonds is 7. The number of benzene rings is 1. The molecule has 0 unspecified atom stereocenters. The summed E-state index contributed by atoms with van der Waals surface area (Å²) < 4.78 is 5.92. The van der Waals surface area contributed by atoms with Crippen LogP contribution in [0.3, 0.4) is 0 Å². The minimum atomic E-state index is -0.678. The predicted octanol–water partition coefficient (Wildman–Crippen LogP) is 4.10. The smallest absolute Gasteiger partial charge is 0.246 e. The van der Waals surface area contributed by atoms with E-state index in [-0.39, 0.29) is 11.8 Å². The molecule has 2 amide bonds. The Morgan fingerprint density at radius 2 is 2.09 bits per heavy atom. The lowest BCUT2D eigenvalue weighted by Crippen LogP contribution is -2.47. The summed E-state index contributed by atoms with van der Waals surface area (Å²) in [4.78, 5) is 31.1. The van der Waals surface area contributed by atoms with Gasteiger partial charge in [0.2, 0.25) is 11.8 Å². The van der Waals surface area contributed by atoms with Crippen LogP contribution in [0, 0.1) is 0 Å². The van der Waals surface area contributed by atoms with Crippen LogP contribution in [0.2, 0.25) is 0 Å². The van der Waals surface area contributed by atoms with Crippen LogP contribution in [-0.2, 0) is 22.7 Å². The highest BCUT2D eigenvalue weighted by Crippen LogP contribution is 2.31. The molecule has 1 aliphatic rings. The van der Waals surface area contributed by atoms with E-state index in [0.717, 1.165) is 28.0 Å². The van der Waals surface area contributed by atoms with Crippen molar-refractivity contribution in [2.75, 3.05) is 19.0 Å². The van der Waals surface area contributed by atoms with Gasteiger partial charge in [0, 0.05) is 43.5 Å². The number of carbonyl (C=O) groups excluding carboxylic acids is 2. The number of ether oxygens (including phenoxy) is 1. The second-order valence-corrected chi connectivity index (χ2v) is 9.16. The SMILES string of the molecule is CCOc1c(CN(C)C(=O)/C=C/c2cnc3c(c2)CNC(C)(C)C(=O)N3)cccc1C(C)C. The fraction of sp³-hybridized carbons (Fsp3) is 0.423. The number of hydrogen-bond acceptors (Lipinski definition) is 5. The summed E-state index contributed by atoms with van der Waals surface area (Å²) in [5.41, 5.74) is 3.13. The zero-order valence-electron chi connectivity index (χ0n) is 20.4. The van der Waals surface area contributed by atoms with Crippen molar-refractivity contribution in [1.29, 1.82) is 0 Å². The van der Waals surface area contributed by atoms with Gasteiger partial charge < -0.3 is 15.0 Å². The van der Waals surface area contributed by atoms with Crippen molar-refractivity contribution in [2.24, 2.45) is 0 Å². The van der Waals surface area contributed by atoms with Crippen LogP contribution in [0.1, 0.15) is 62.8 Å². The molecule has 3 rings (SSSR count). The third-order valence-corrected chi connectivity index (χ3v) is 5.75. The Kier molecular flexibility index (Phi) is 7.53. The van der Waals surface area contributed by atoms with Crippen LogP contribution in [0.5, 0.6) is 5.75 Å². The topological polar surface area (TPSA) is 83.6 Å². The minimum absolute atomic E-state index is 0.116. The van der Waals surface area contributed by atoms with Crippen molar-refractivity contribution in [2.45, 2.75) is 59.2 Å². The Morgan fingerprint density at radius 1 is 1.33 bits per heavy atom. The normalized spacial score (nSPS) is 15.2. The van der Waals surface area contributed by atoms with Gasteiger partial charge in [0.25, 0.3) is 0 Å². The molecule has 2 heterocycles. The molecule has 0 radical (unpaired) electrons. The first-order valence-corrected chi connectivity index (χ1v) is 11.4. The van der Waals surface area contributed by atoms with Crippen molar-refractivity contribution in [3.8, 4) is 5.75 Å². The molecule has 7 nitrogen and oxygen atoms in total. The van der Waals surface area contributed by atoms with E-state index >= 15 is 0 Å². The number of likely N-dealkylation sites (N-methyl/N-ethyl adjacent to an activating group) is 1. The third kappa shape index (κ3) is 5.79. The van der Waals surface area contributed by atoms with E-state index < -0.39 is 5.54 Å². The van der Waals surface area contributed by atoms with Crippen molar-refractivity contribution in [3.05, 3.63) is 58.8 Å². The maximum atomic E-state index is 12.8. The first-order chi connectivity index (χ1) is 15.6. The lowest BCUT2D eigenvalue weighted by molar-refractivity contribution is -0.125. The number of amides is 2. The van der Waals surface area contributed by atoms with Gasteiger partial charge in [0.05, 0.1) is 12.1 Å². The number of pyridine rings is 1. The number of fused-ring (bicyclic) bond motifs is 1. The highest BCUT2D eigenvalue weighted by Gasteiger charge is 2.30. The first-order valence-electron chi connectivity index (χ1n) is 11.4. The number of hydrogen-bond donors (Lipinski definition) is 2. The largest absolute Gasteiger partial charge is 0.493 e. The number of nitrogens with one attached hydrogen (secondary N) is 2. The van der Waals surface area contributed by atoms with Gasteiger partial charge in [0.1, 0.15) is 11.6 Å². The number of aromatic nitrogens is 1. The lowest BCUT2D eigenvalue weighted by atomic mass is 9.99. The lowest BCUT2D eigenvalue weighted by Gasteiger charge is -2.21. The molecule has 0 saturated carbocycles. The van der Waals surface area contributed by atoms with Crippen molar-refractivity contribution >= 4 is 23.7 Å². The maximum Gasteiger partial charge on any atom is 0.246 e. The fourth-order valence-electron chi connectivity index (χ4n) is 3.66. The molecule has 0 atom stereocenters. The Bertz CT molecular complexity index is 1060. The molecule has 176 valence electrons. The predicted molar refractivity (Wildman–Crippen MR) is 131 cm³/mol. The molecular formula is C26H34N4O3. The molecule has 0 spiro atoms. The molecule has 0 aliphatic carbocycles. The van der Waals surface area contributed by atoms with Crippen molar-refractivity contribution < 1.29 is 14.3 Å². The van der Waals surface area contributed by atoms with Crippen LogP contribution >= 0.6 is 0 Å². The summed E-state index contributed by atoms with van der Waals surface area (Å²) in [5, 5.41) is 6.08. The van der Waals surface area contributed by atoms with E-state index in [1.807, 2.05) is 39.0 Å². The molecule has 1 aromatic carbocycles. The molecular weight excluding hydrogens is 416 g/mol. The molecule has 2 N–H and O–H groups in total. The van der Waals surface area contributed by atoms with Gasteiger partial charge in [-0.15, -0.1) is 0 Å². The second kappa shape index (κ2) is 10.2. The van der Waals surface area contributed by atoms with Crippen LogP contribution < -0.4 is 15.4 Å². The standard InChI is InChI=1S/C26H34N4O3/c1-7-33-23-19(9-8-10-21(23)17(2)3)16-30(6)22(31)12-11-18-13-20-15-28-26(4,5)25(32)29-24(20)27-14-18/h8-14,17,28H,7,15-16H2,1-6H3,(H,27,29,32)/b12-11+. The Morgan fingerprint density at radius 3 is 2.79 bits per heavy atom. The van der Waals surface area contributed by atoms with Gasteiger partial charge in [-0.05, 0) is 50.0 Å². The summed E-state index contributed by atoms with van der Waals surface area (Å²) >= 11 is 0. The molecule has 1 aromatic heterocycles. The maximum absolute atomic E-state index is 12.8. The third-order valence-electron chi connectivity index (χ3n) is 5.75. The Labute approximate surface area is 196 Å². The van der Waals surface area contributed by atoms with Gasteiger partial charge in [-0.1, -0.05) is 32.0 Å². The Balaban J connectivity index is 1.72. The Hall–Kier alpha value is -3.19. The van der Waals surface area contributed by atoms with E-state index in [0.29, 0.717) is 31.4 Å². The van der Waals surface area contributed by atoms with Crippen LogP contribution in [0.15, 0.2) is 36.5 Å². The molecule has 1 aliphatic heterocycles. The highest BCUT2D eigenvalue weighted by molar-refractivity contribution is 5.98. The van der Waals surface area contributed by atoms with E-state index in [1.54, 1.807) is 30.3 Å². The summed E-state index contributed by atoms with van der Waals surface area (Å²) in [6.45, 7) is 11.4. The number of para-hydroxylation sites is 1. The fourth-order valence-corrected chi connectivity index (χ4v) is 3.66. The van der Waals surface area contributed by atoms with E-state index in [2.05, 4.69) is 35.5 Å². The van der Waals surface area contributed by atoms with Crippen LogP contribution in [-0.4, -0.2) is 40.9 Å². The van der Waals surface area contributed by atoms with Crippen LogP contribution in [0.4, 0.5) is 5.82 Å². The number of nitrogens with zero attached hydrogens (tertiary/aromatic N) is 2. The van der Waals surface area contributed by atoms with Gasteiger partial charge >= 0.3 is 0 Å². The molecule has 7 heteroatoms. The van der Waals surface area contributed by atoms with Gasteiger partial charge in [-0.2, -0.15) is 0 Å². The zero-order chi connectivity index (χ0) is 24.2. The highest BCUT2D eigenvalue weighted by atomic mass is 16.5. The average Bonchev–Trinajstić information content (AvgIpc) is 2.88. The molecule has 33 heavy (non-hydrogen) atoms. The van der Waals surface area contributed by atoms with E-state index in [9.17, 15) is 9.59 Å². The minimum Gasteiger partial charge on any atom is -0.493 e. The van der Waals surface area contributed by atoms with Gasteiger partial charge in [-0.3, -0.25) is 14.9 Å². The molecule has 0 saturated heterocycles. The summed E-state index contributed by atoms with van der Waals surface area (Å²) in [6, 6.07) is 8.02. The molecule has 0 fully saturated rings. The first kappa shape index (κ1) is 24.5. The quantitative estimate of drug-likeness (QED) is 0.621. The summed E-state index contributed by atoms with van der Waals surface area (Å²) in [6.07, 6.45) is 4.95. The average molecular weight is 451 g/mol. The van der Waals surface area contributed by atoms with E-state index in [4.69, 9.17) is 4.74 Å². The van der Waals surface area contributed by atoms with Crippen LogP contribution in [0.25, 0.3) is 6.08 Å². The summed E-state index contributed by atoms with van der Waals surface area (Å²) in [7, 11) is 1.78. The molecule has 2 aromatic rings. The van der Waals surface area contributed by atoms with E-state index in [1.165, 1.54) is 0 Å². The summed E-state index contributed by atoms with van der Waals surface area (Å²) in [5.74, 6) is 1.51. The number of anilines is 1. The van der Waals surface area contributed by atoms with Crippen molar-refractivity contribution in [1.82, 2.24) is 15.2 Å². The van der Waals surface area contributed by atoms with Gasteiger partial charge in [-0.25, -0.2) is 4.98 Å². The van der Waals surface area contributed by atoms with Gasteiger partial charge in [0.15, 0.2) is 0 Å². The van der Waals surface area contributed by atoms with Crippen molar-refractivity contribution in [3.63, 3.8) is 0 Å². The monoisotopic (exact) mass is 450 g/mol. The second-order valence-electron chi connectivity index (χ2n) is 9.16. The molecule has 0 bridgehead atoms. The zero-order valence-corrected chi connectivity index (χ0v) is 20.4.